The van der Waals surface area contributed by atoms with Crippen molar-refractivity contribution >= 4 is 0 Å². The van der Waals surface area contributed by atoms with Crippen LogP contribution in [-0.4, -0.2) is 29.5 Å². The van der Waals surface area contributed by atoms with Crippen LogP contribution in [0.15, 0.2) is 30.3 Å². The van der Waals surface area contributed by atoms with Crippen molar-refractivity contribution in [1.29, 1.82) is 0 Å². The number of ether oxygens (including phenoxy) is 1. The summed E-state index contributed by atoms with van der Waals surface area (Å²) in [5.74, 6) is -2.47. The first-order valence-corrected chi connectivity index (χ1v) is 8.65. The van der Waals surface area contributed by atoms with Crippen molar-refractivity contribution in [2.75, 3.05) is 13.2 Å². The summed E-state index contributed by atoms with van der Waals surface area (Å²) in [7, 11) is 0. The Hall–Kier alpha value is -1.93. The third-order valence-electron chi connectivity index (χ3n) is 5.04. The summed E-state index contributed by atoms with van der Waals surface area (Å²) >= 11 is 0. The maximum atomic E-state index is 15.5. The van der Waals surface area contributed by atoms with Gasteiger partial charge in [0.1, 0.15) is 23.1 Å². The fraction of sp³-hybridized carbons (Fsp3) is 0.400. The molecule has 0 saturated carbocycles. The standard InChI is InChI=1S/C20H22F3NO3/c1-19(2,26)13-9-14(20(10-24)15(25)7-8-27-20)18(23)16(17(13)22)11-3-5-12(21)6-4-11/h3-6,9,15,25-26H,7-8,10,24H2,1-2H3/t15-,20+/m1/s1. The van der Waals surface area contributed by atoms with Crippen LogP contribution in [0.3, 0.4) is 0 Å². The molecule has 2 aromatic rings. The molecule has 1 saturated heterocycles. The maximum Gasteiger partial charge on any atom is 0.140 e. The topological polar surface area (TPSA) is 75.7 Å². The van der Waals surface area contributed by atoms with Crippen LogP contribution < -0.4 is 5.73 Å². The van der Waals surface area contributed by atoms with Crippen molar-refractivity contribution in [1.82, 2.24) is 0 Å². The number of rotatable bonds is 4. The van der Waals surface area contributed by atoms with Crippen LogP contribution in [0.2, 0.25) is 0 Å². The fourth-order valence-electron chi connectivity index (χ4n) is 3.50. The average molecular weight is 381 g/mol. The van der Waals surface area contributed by atoms with Gasteiger partial charge >= 0.3 is 0 Å². The van der Waals surface area contributed by atoms with Crippen molar-refractivity contribution in [2.24, 2.45) is 5.73 Å². The van der Waals surface area contributed by atoms with Gasteiger partial charge in [0.05, 0.1) is 23.9 Å². The van der Waals surface area contributed by atoms with Gasteiger partial charge in [-0.2, -0.15) is 0 Å². The largest absolute Gasteiger partial charge is 0.390 e. The second-order valence-electron chi connectivity index (χ2n) is 7.29. The molecule has 2 atom stereocenters. The molecule has 2 aromatic carbocycles. The Bertz CT molecular complexity index is 849. The molecule has 0 unspecified atom stereocenters. The van der Waals surface area contributed by atoms with Gasteiger partial charge in [-0.3, -0.25) is 0 Å². The molecule has 3 rings (SSSR count). The zero-order chi connectivity index (χ0) is 20.0. The minimum Gasteiger partial charge on any atom is -0.390 e. The van der Waals surface area contributed by atoms with Crippen LogP contribution in [0.1, 0.15) is 31.4 Å². The molecule has 0 radical (unpaired) electrons. The summed E-state index contributed by atoms with van der Waals surface area (Å²) in [6.07, 6.45) is -0.837. The predicted molar refractivity (Wildman–Crippen MR) is 94.3 cm³/mol. The molecule has 0 spiro atoms. The van der Waals surface area contributed by atoms with Gasteiger partial charge < -0.3 is 20.7 Å². The number of halogens is 3. The van der Waals surface area contributed by atoms with Crippen LogP contribution in [0.25, 0.3) is 11.1 Å². The van der Waals surface area contributed by atoms with Crippen LogP contribution in [0, 0.1) is 17.5 Å². The Morgan fingerprint density at radius 2 is 1.81 bits per heavy atom. The summed E-state index contributed by atoms with van der Waals surface area (Å²) in [5.41, 5.74) is 1.98. The number of hydrogen-bond donors (Lipinski definition) is 3. The summed E-state index contributed by atoms with van der Waals surface area (Å²) in [5, 5.41) is 20.8. The summed E-state index contributed by atoms with van der Waals surface area (Å²) < 4.78 is 49.5. The Morgan fingerprint density at radius 3 is 2.30 bits per heavy atom. The molecule has 0 aliphatic carbocycles. The van der Waals surface area contributed by atoms with Crippen molar-refractivity contribution in [2.45, 2.75) is 37.6 Å². The number of benzene rings is 2. The number of aliphatic hydroxyl groups excluding tert-OH is 1. The van der Waals surface area contributed by atoms with Crippen molar-refractivity contribution < 1.29 is 28.1 Å². The van der Waals surface area contributed by atoms with E-state index < -0.39 is 40.3 Å². The Balaban J connectivity index is 2.35. The Kier molecular flexibility index (Phi) is 5.07. The van der Waals surface area contributed by atoms with E-state index in [0.29, 0.717) is 0 Å². The molecule has 1 aliphatic heterocycles. The normalized spacial score (nSPS) is 23.0. The molecular weight excluding hydrogens is 359 g/mol. The lowest BCUT2D eigenvalue weighted by atomic mass is 9.82. The van der Waals surface area contributed by atoms with Gasteiger partial charge in [-0.15, -0.1) is 0 Å². The molecule has 146 valence electrons. The fourth-order valence-corrected chi connectivity index (χ4v) is 3.50. The van der Waals surface area contributed by atoms with Crippen molar-refractivity contribution in [3.05, 3.63) is 58.9 Å². The van der Waals surface area contributed by atoms with E-state index in [2.05, 4.69) is 0 Å². The zero-order valence-electron chi connectivity index (χ0n) is 15.1. The third-order valence-corrected chi connectivity index (χ3v) is 5.04. The highest BCUT2D eigenvalue weighted by Gasteiger charge is 2.47. The third kappa shape index (κ3) is 3.25. The van der Waals surface area contributed by atoms with Crippen molar-refractivity contribution in [3.8, 4) is 11.1 Å². The molecule has 4 nitrogen and oxygen atoms in total. The highest BCUT2D eigenvalue weighted by Crippen LogP contribution is 2.43. The van der Waals surface area contributed by atoms with Crippen LogP contribution in [-0.2, 0) is 15.9 Å². The van der Waals surface area contributed by atoms with Gasteiger partial charge in [-0.05, 0) is 44.0 Å². The van der Waals surface area contributed by atoms with Gasteiger partial charge in [0, 0.05) is 17.7 Å². The van der Waals surface area contributed by atoms with E-state index in [1.165, 1.54) is 26.0 Å². The van der Waals surface area contributed by atoms with E-state index in [0.717, 1.165) is 18.2 Å². The zero-order valence-corrected chi connectivity index (χ0v) is 15.1. The first-order chi connectivity index (χ1) is 12.6. The van der Waals surface area contributed by atoms with E-state index in [-0.39, 0.29) is 36.3 Å². The minimum absolute atomic E-state index is 0.0957. The lowest BCUT2D eigenvalue weighted by Crippen LogP contribution is -2.44. The Labute approximate surface area is 155 Å². The van der Waals surface area contributed by atoms with Gasteiger partial charge in [0.25, 0.3) is 0 Å². The number of aliphatic hydroxyl groups is 2. The van der Waals surface area contributed by atoms with Gasteiger partial charge in [0.2, 0.25) is 0 Å². The van der Waals surface area contributed by atoms with Gasteiger partial charge in [-0.25, -0.2) is 13.2 Å². The summed E-state index contributed by atoms with van der Waals surface area (Å²) in [4.78, 5) is 0. The quantitative estimate of drug-likeness (QED) is 0.761. The second-order valence-corrected chi connectivity index (χ2v) is 7.29. The lowest BCUT2D eigenvalue weighted by Gasteiger charge is -2.33. The minimum atomic E-state index is -1.64. The molecule has 0 aromatic heterocycles. The van der Waals surface area contributed by atoms with Crippen LogP contribution in [0.5, 0.6) is 0 Å². The summed E-state index contributed by atoms with van der Waals surface area (Å²) in [6, 6.07) is 5.82. The molecule has 0 bridgehead atoms. The van der Waals surface area contributed by atoms with E-state index in [1.807, 2.05) is 0 Å². The monoisotopic (exact) mass is 381 g/mol. The summed E-state index contributed by atoms with van der Waals surface area (Å²) in [6.45, 7) is 2.66. The van der Waals surface area contributed by atoms with E-state index >= 15 is 8.78 Å². The van der Waals surface area contributed by atoms with Gasteiger partial charge in [-0.1, -0.05) is 12.1 Å². The van der Waals surface area contributed by atoms with Crippen LogP contribution >= 0.6 is 0 Å². The number of nitrogens with two attached hydrogens (primary N) is 1. The smallest absolute Gasteiger partial charge is 0.140 e. The number of hydrogen-bond acceptors (Lipinski definition) is 4. The van der Waals surface area contributed by atoms with E-state index in [9.17, 15) is 14.6 Å². The molecular formula is C20H22F3NO3. The molecule has 27 heavy (non-hydrogen) atoms. The lowest BCUT2D eigenvalue weighted by molar-refractivity contribution is -0.0583. The Morgan fingerprint density at radius 1 is 1.19 bits per heavy atom. The first kappa shape index (κ1) is 19.8. The van der Waals surface area contributed by atoms with E-state index in [4.69, 9.17) is 10.5 Å². The van der Waals surface area contributed by atoms with E-state index in [1.54, 1.807) is 0 Å². The first-order valence-electron chi connectivity index (χ1n) is 8.65. The van der Waals surface area contributed by atoms with Gasteiger partial charge in [0.15, 0.2) is 0 Å². The highest BCUT2D eigenvalue weighted by atomic mass is 19.1. The molecule has 4 N–H and O–H groups in total. The average Bonchev–Trinajstić information content (AvgIpc) is 2.97. The highest BCUT2D eigenvalue weighted by molar-refractivity contribution is 5.68. The van der Waals surface area contributed by atoms with Crippen molar-refractivity contribution in [3.63, 3.8) is 0 Å². The molecule has 7 heteroatoms. The SMILES string of the molecule is CC(C)(O)c1cc([C@]2(CN)OCC[C@H]2O)c(F)c(-c2ccc(F)cc2)c1F. The molecule has 1 heterocycles. The molecule has 0 amide bonds. The van der Waals surface area contributed by atoms with Crippen LogP contribution in [0.4, 0.5) is 13.2 Å². The maximum absolute atomic E-state index is 15.5. The second kappa shape index (κ2) is 6.91. The molecule has 1 fully saturated rings. The molecule has 1 aliphatic rings. The predicted octanol–water partition coefficient (Wildman–Crippen LogP) is 2.93.